The fourth-order valence-electron chi connectivity index (χ4n) is 0.127. The van der Waals surface area contributed by atoms with E-state index in [1.807, 2.05) is 6.26 Å². The van der Waals surface area contributed by atoms with Crippen molar-refractivity contribution in [1.29, 1.82) is 0 Å². The van der Waals surface area contributed by atoms with Gasteiger partial charge < -0.3 is 9.83 Å². The van der Waals surface area contributed by atoms with Crippen molar-refractivity contribution in [3.05, 3.63) is 0 Å². The first kappa shape index (κ1) is 9.48. The number of hydrogen-bond donors (Lipinski definition) is 2. The van der Waals surface area contributed by atoms with Gasteiger partial charge in [0.25, 0.3) is 0 Å². The fraction of sp³-hybridized carbons (Fsp3) is 0.333. The lowest BCUT2D eigenvalue weighted by molar-refractivity contribution is 0.585. The molecule has 0 aliphatic carbocycles. The lowest BCUT2D eigenvalue weighted by Crippen LogP contribution is -2.10. The SMILES string of the molecule is CSC(=S)NSC(O)=S. The van der Waals surface area contributed by atoms with Crippen LogP contribution < -0.4 is 4.72 Å². The van der Waals surface area contributed by atoms with Crippen LogP contribution in [0.4, 0.5) is 0 Å². The first-order chi connectivity index (χ1) is 4.16. The zero-order chi connectivity index (χ0) is 7.28. The summed E-state index contributed by atoms with van der Waals surface area (Å²) in [6.07, 6.45) is 1.84. The van der Waals surface area contributed by atoms with E-state index in [1.54, 1.807) is 0 Å². The Bertz CT molecular complexity index is 125. The van der Waals surface area contributed by atoms with Gasteiger partial charge in [0.15, 0.2) is 0 Å². The third kappa shape index (κ3) is 6.36. The molecule has 0 atom stereocenters. The molecule has 0 fully saturated rings. The Kier molecular flexibility index (Phi) is 5.56. The third-order valence-corrected chi connectivity index (χ3v) is 2.47. The van der Waals surface area contributed by atoms with Crippen molar-refractivity contribution >= 4 is 56.8 Å². The van der Waals surface area contributed by atoms with Crippen LogP contribution in [-0.4, -0.2) is 20.1 Å². The summed E-state index contributed by atoms with van der Waals surface area (Å²) in [4.78, 5) is 0. The first-order valence-corrected chi connectivity index (χ1v) is 4.76. The third-order valence-electron chi connectivity index (χ3n) is 0.407. The summed E-state index contributed by atoms with van der Waals surface area (Å²) in [5, 5.41) is 8.46. The molecule has 0 saturated carbocycles. The number of thiocarbonyl (C=S) groups is 2. The van der Waals surface area contributed by atoms with Crippen LogP contribution >= 0.6 is 48.1 Å². The van der Waals surface area contributed by atoms with Crippen LogP contribution in [0.5, 0.6) is 0 Å². The topological polar surface area (TPSA) is 32.3 Å². The highest BCUT2D eigenvalue weighted by Crippen LogP contribution is 2.01. The molecule has 0 aromatic rings. The van der Waals surface area contributed by atoms with Crippen molar-refractivity contribution in [2.45, 2.75) is 0 Å². The summed E-state index contributed by atoms with van der Waals surface area (Å²) in [6.45, 7) is 0. The van der Waals surface area contributed by atoms with E-state index in [4.69, 9.17) is 17.3 Å². The van der Waals surface area contributed by atoms with Gasteiger partial charge in [-0.15, -0.1) is 0 Å². The van der Waals surface area contributed by atoms with Crippen LogP contribution in [-0.2, 0) is 0 Å². The minimum atomic E-state index is -0.147. The molecule has 0 radical (unpaired) electrons. The smallest absolute Gasteiger partial charge is 0.238 e. The van der Waals surface area contributed by atoms with Gasteiger partial charge in [0, 0.05) is 11.9 Å². The van der Waals surface area contributed by atoms with Crippen molar-refractivity contribution < 1.29 is 5.11 Å². The molecule has 0 aromatic heterocycles. The Morgan fingerprint density at radius 1 is 1.56 bits per heavy atom. The number of nitrogens with one attached hydrogen (secondary N) is 1. The second-order valence-corrected chi connectivity index (χ2v) is 3.88. The summed E-state index contributed by atoms with van der Waals surface area (Å²) >= 11 is 11.4. The molecule has 52 valence electrons. The van der Waals surface area contributed by atoms with Gasteiger partial charge in [0.05, 0.1) is 0 Å². The molecule has 0 amide bonds. The minimum Gasteiger partial charge on any atom is -0.493 e. The van der Waals surface area contributed by atoms with Crippen molar-refractivity contribution in [3.8, 4) is 0 Å². The Morgan fingerprint density at radius 3 is 2.44 bits per heavy atom. The van der Waals surface area contributed by atoms with Crippen molar-refractivity contribution in [2.24, 2.45) is 0 Å². The lowest BCUT2D eigenvalue weighted by atomic mass is 11.5. The maximum Gasteiger partial charge on any atom is 0.238 e. The lowest BCUT2D eigenvalue weighted by Gasteiger charge is -1.98. The number of aliphatic hydroxyl groups is 1. The molecule has 9 heavy (non-hydrogen) atoms. The predicted octanol–water partition coefficient (Wildman–Crippen LogP) is 1.72. The average Bonchev–Trinajstić information content (AvgIpc) is 1.83. The van der Waals surface area contributed by atoms with Crippen LogP contribution in [0.25, 0.3) is 0 Å². The zero-order valence-corrected chi connectivity index (χ0v) is 7.85. The number of hydrogen-bond acceptors (Lipinski definition) is 4. The summed E-state index contributed by atoms with van der Waals surface area (Å²) in [7, 11) is 0. The standard InChI is InChI=1S/C3H5NOS4/c1-8-2(6)4-9-3(5)7/h1H3,(H,4,6)(H,5,7). The first-order valence-electron chi connectivity index (χ1n) is 1.90. The monoisotopic (exact) mass is 199 g/mol. The second kappa shape index (κ2) is 5.28. The van der Waals surface area contributed by atoms with E-state index >= 15 is 0 Å². The number of thioether (sulfide) groups is 1. The molecule has 0 aliphatic rings. The molecule has 0 saturated heterocycles. The van der Waals surface area contributed by atoms with Crippen LogP contribution in [0.3, 0.4) is 0 Å². The van der Waals surface area contributed by atoms with E-state index in [0.717, 1.165) is 11.9 Å². The molecule has 0 heterocycles. The highest BCUT2D eigenvalue weighted by atomic mass is 32.2. The average molecular weight is 199 g/mol. The predicted molar refractivity (Wildman–Crippen MR) is 52.1 cm³/mol. The maximum absolute atomic E-state index is 8.46. The van der Waals surface area contributed by atoms with E-state index in [1.165, 1.54) is 11.8 Å². The van der Waals surface area contributed by atoms with Crippen LogP contribution in [0.15, 0.2) is 0 Å². The second-order valence-electron chi connectivity index (χ2n) is 0.962. The highest BCUT2D eigenvalue weighted by molar-refractivity contribution is 8.27. The van der Waals surface area contributed by atoms with Crippen molar-refractivity contribution in [1.82, 2.24) is 4.72 Å². The number of aliphatic hydroxyl groups excluding tert-OH is 1. The van der Waals surface area contributed by atoms with Gasteiger partial charge in [-0.2, -0.15) is 0 Å². The Labute approximate surface area is 72.9 Å². The van der Waals surface area contributed by atoms with E-state index < -0.39 is 0 Å². The highest BCUT2D eigenvalue weighted by Gasteiger charge is 1.93. The van der Waals surface area contributed by atoms with Crippen LogP contribution in [0, 0.1) is 0 Å². The molecule has 0 bridgehead atoms. The molecule has 2 nitrogen and oxygen atoms in total. The Balaban J connectivity index is 3.28. The largest absolute Gasteiger partial charge is 0.493 e. The normalized spacial score (nSPS) is 8.56. The minimum absolute atomic E-state index is 0.147. The van der Waals surface area contributed by atoms with Crippen LogP contribution in [0.1, 0.15) is 0 Å². The Morgan fingerprint density at radius 2 is 2.11 bits per heavy atom. The van der Waals surface area contributed by atoms with Crippen LogP contribution in [0.2, 0.25) is 0 Å². The zero-order valence-electron chi connectivity index (χ0n) is 4.58. The van der Waals surface area contributed by atoms with Gasteiger partial charge in [-0.1, -0.05) is 24.0 Å². The van der Waals surface area contributed by atoms with Gasteiger partial charge in [0.1, 0.15) is 4.32 Å². The molecule has 0 unspecified atom stereocenters. The molecule has 0 aliphatic heterocycles. The van der Waals surface area contributed by atoms with Gasteiger partial charge in [-0.3, -0.25) is 0 Å². The summed E-state index contributed by atoms with van der Waals surface area (Å²) in [6, 6.07) is 0. The van der Waals surface area contributed by atoms with Gasteiger partial charge in [0.2, 0.25) is 4.38 Å². The molecular weight excluding hydrogens is 194 g/mol. The quantitative estimate of drug-likeness (QED) is 0.456. The van der Waals surface area contributed by atoms with E-state index in [0.29, 0.717) is 4.32 Å². The molecule has 6 heteroatoms. The van der Waals surface area contributed by atoms with Gasteiger partial charge in [-0.05, 0) is 18.5 Å². The molecule has 0 spiro atoms. The summed E-state index contributed by atoms with van der Waals surface area (Å²) in [5.41, 5.74) is 0. The maximum atomic E-state index is 8.46. The molecule has 0 aromatic carbocycles. The van der Waals surface area contributed by atoms with E-state index in [2.05, 4.69) is 16.9 Å². The number of rotatable bonds is 0. The van der Waals surface area contributed by atoms with Gasteiger partial charge in [-0.25, -0.2) is 0 Å². The van der Waals surface area contributed by atoms with Gasteiger partial charge >= 0.3 is 0 Å². The molecule has 0 rings (SSSR count). The molecule has 2 N–H and O–H groups in total. The van der Waals surface area contributed by atoms with Crippen molar-refractivity contribution in [2.75, 3.05) is 6.26 Å². The fourth-order valence-corrected chi connectivity index (χ4v) is 1.01. The van der Waals surface area contributed by atoms with E-state index in [-0.39, 0.29) is 4.38 Å². The van der Waals surface area contributed by atoms with Crippen molar-refractivity contribution in [3.63, 3.8) is 0 Å². The van der Waals surface area contributed by atoms with E-state index in [9.17, 15) is 0 Å². The summed E-state index contributed by atoms with van der Waals surface area (Å²) < 4.78 is 3.11. The molecular formula is C3H5NOS4. The summed E-state index contributed by atoms with van der Waals surface area (Å²) in [5.74, 6) is 0. The Hall–Kier alpha value is 0.480.